The zero-order valence-electron chi connectivity index (χ0n) is 16.9. The predicted molar refractivity (Wildman–Crippen MR) is 111 cm³/mol. The molecule has 152 valence electrons. The fourth-order valence-corrected chi connectivity index (χ4v) is 4.09. The highest BCUT2D eigenvalue weighted by Crippen LogP contribution is 2.21. The van der Waals surface area contributed by atoms with Gasteiger partial charge in [0.2, 0.25) is 0 Å². The largest absolute Gasteiger partial charge is 0.369 e. The van der Waals surface area contributed by atoms with Gasteiger partial charge in [0.05, 0.1) is 5.56 Å². The van der Waals surface area contributed by atoms with E-state index in [4.69, 9.17) is 0 Å². The lowest BCUT2D eigenvalue weighted by molar-refractivity contribution is 0.0646. The van der Waals surface area contributed by atoms with Crippen molar-refractivity contribution in [3.63, 3.8) is 0 Å². The lowest BCUT2D eigenvalue weighted by Crippen LogP contribution is -2.47. The summed E-state index contributed by atoms with van der Waals surface area (Å²) in [6, 6.07) is 12.0. The van der Waals surface area contributed by atoms with Crippen molar-refractivity contribution in [2.45, 2.75) is 13.3 Å². The van der Waals surface area contributed by atoms with Crippen molar-refractivity contribution in [2.75, 3.05) is 44.2 Å². The number of nitrogens with zero attached hydrogens (tertiary/aromatic N) is 4. The highest BCUT2D eigenvalue weighted by atomic mass is 16.2. The molecule has 1 aromatic heterocycles. The van der Waals surface area contributed by atoms with E-state index in [1.807, 2.05) is 6.07 Å². The maximum Gasteiger partial charge on any atom is 0.267 e. The Morgan fingerprint density at radius 2 is 1.59 bits per heavy atom. The number of hydrogen-bond donors (Lipinski definition) is 0. The van der Waals surface area contributed by atoms with E-state index in [1.165, 1.54) is 15.2 Å². The minimum atomic E-state index is -0.459. The number of imide groups is 1. The first-order valence-corrected chi connectivity index (χ1v) is 10.1. The van der Waals surface area contributed by atoms with Crippen molar-refractivity contribution in [2.24, 2.45) is 7.05 Å². The van der Waals surface area contributed by atoms with Gasteiger partial charge in [0.15, 0.2) is 0 Å². The van der Waals surface area contributed by atoms with Crippen LogP contribution in [0.15, 0.2) is 41.2 Å². The van der Waals surface area contributed by atoms with Crippen LogP contribution in [0.25, 0.3) is 0 Å². The average Bonchev–Trinajstić information content (AvgIpc) is 2.97. The predicted octanol–water partition coefficient (Wildman–Crippen LogP) is 1.50. The van der Waals surface area contributed by atoms with Crippen LogP contribution in [0.5, 0.6) is 0 Å². The Labute approximate surface area is 170 Å². The second-order valence-electron chi connectivity index (χ2n) is 7.72. The molecule has 0 spiro atoms. The van der Waals surface area contributed by atoms with E-state index in [9.17, 15) is 14.4 Å². The zero-order chi connectivity index (χ0) is 20.5. The number of para-hydroxylation sites is 1. The van der Waals surface area contributed by atoms with Gasteiger partial charge in [-0.3, -0.25) is 24.2 Å². The molecule has 2 aliphatic rings. The molecule has 0 bridgehead atoms. The van der Waals surface area contributed by atoms with Gasteiger partial charge in [-0.2, -0.15) is 0 Å². The molecule has 7 heteroatoms. The van der Waals surface area contributed by atoms with Gasteiger partial charge in [-0.1, -0.05) is 18.2 Å². The summed E-state index contributed by atoms with van der Waals surface area (Å²) >= 11 is 0. The van der Waals surface area contributed by atoms with Gasteiger partial charge in [0.25, 0.3) is 17.4 Å². The van der Waals surface area contributed by atoms with Gasteiger partial charge in [-0.15, -0.1) is 0 Å². The third kappa shape index (κ3) is 3.58. The Hall–Kier alpha value is -2.93. The summed E-state index contributed by atoms with van der Waals surface area (Å²) in [5, 5.41) is 0. The maximum atomic E-state index is 12.6. The van der Waals surface area contributed by atoms with Gasteiger partial charge < -0.3 is 9.47 Å². The molecular weight excluding hydrogens is 368 g/mol. The van der Waals surface area contributed by atoms with E-state index in [2.05, 4.69) is 34.1 Å². The van der Waals surface area contributed by atoms with E-state index in [0.717, 1.165) is 32.7 Å². The van der Waals surface area contributed by atoms with Crippen LogP contribution in [0.3, 0.4) is 0 Å². The quantitative estimate of drug-likeness (QED) is 0.719. The van der Waals surface area contributed by atoms with Crippen LogP contribution < -0.4 is 10.5 Å². The van der Waals surface area contributed by atoms with Crippen LogP contribution >= 0.6 is 0 Å². The topological polar surface area (TPSA) is 65.9 Å². The fourth-order valence-electron chi connectivity index (χ4n) is 4.09. The Morgan fingerprint density at radius 1 is 0.897 bits per heavy atom. The Balaban J connectivity index is 1.32. The molecule has 3 heterocycles. The molecule has 0 radical (unpaired) electrons. The fraction of sp³-hybridized carbons (Fsp3) is 0.409. The van der Waals surface area contributed by atoms with Crippen molar-refractivity contribution in [3.05, 3.63) is 63.6 Å². The third-order valence-corrected chi connectivity index (χ3v) is 5.95. The number of anilines is 1. The van der Waals surface area contributed by atoms with E-state index >= 15 is 0 Å². The van der Waals surface area contributed by atoms with E-state index in [-0.39, 0.29) is 17.0 Å². The number of piperazine rings is 1. The molecule has 2 aromatic rings. The number of rotatable bonds is 5. The van der Waals surface area contributed by atoms with E-state index in [0.29, 0.717) is 18.7 Å². The summed E-state index contributed by atoms with van der Waals surface area (Å²) in [4.78, 5) is 43.7. The molecule has 1 fully saturated rings. The standard InChI is InChI=1S/C22H26N4O3/c1-16-15-18-19(21(28)23(16)2)22(29)26(20(18)27)10-6-9-24-11-13-25(14-12-24)17-7-4-3-5-8-17/h3-5,7-8,15H,6,9-14H2,1-2H3. The van der Waals surface area contributed by atoms with Crippen LogP contribution in [-0.4, -0.2) is 65.4 Å². The molecule has 1 aromatic carbocycles. The molecule has 0 atom stereocenters. The van der Waals surface area contributed by atoms with Crippen molar-refractivity contribution in [3.8, 4) is 0 Å². The number of aromatic nitrogens is 1. The van der Waals surface area contributed by atoms with Crippen LogP contribution in [0, 0.1) is 6.92 Å². The molecule has 2 amide bonds. The third-order valence-electron chi connectivity index (χ3n) is 5.95. The lowest BCUT2D eigenvalue weighted by atomic mass is 10.1. The number of carbonyl (C=O) groups is 2. The van der Waals surface area contributed by atoms with Gasteiger partial charge in [0, 0.05) is 51.2 Å². The summed E-state index contributed by atoms with van der Waals surface area (Å²) in [5.74, 6) is -0.806. The highest BCUT2D eigenvalue weighted by Gasteiger charge is 2.38. The van der Waals surface area contributed by atoms with Gasteiger partial charge in [0.1, 0.15) is 5.56 Å². The number of fused-ring (bicyclic) bond motifs is 1. The van der Waals surface area contributed by atoms with Crippen molar-refractivity contribution < 1.29 is 9.59 Å². The van der Waals surface area contributed by atoms with Crippen LogP contribution in [0.1, 0.15) is 32.8 Å². The maximum absolute atomic E-state index is 12.6. The van der Waals surface area contributed by atoms with Crippen LogP contribution in [0.2, 0.25) is 0 Å². The van der Waals surface area contributed by atoms with E-state index < -0.39 is 11.5 Å². The number of benzene rings is 1. The number of amides is 2. The van der Waals surface area contributed by atoms with Gasteiger partial charge in [-0.05, 0) is 38.1 Å². The Bertz CT molecular complexity index is 991. The first-order chi connectivity index (χ1) is 14.0. The summed E-state index contributed by atoms with van der Waals surface area (Å²) in [6.07, 6.45) is 0.704. The molecule has 0 unspecified atom stereocenters. The number of carbonyl (C=O) groups excluding carboxylic acids is 2. The second kappa shape index (κ2) is 7.83. The van der Waals surface area contributed by atoms with Crippen LogP contribution in [-0.2, 0) is 7.05 Å². The smallest absolute Gasteiger partial charge is 0.267 e. The molecule has 0 aliphatic carbocycles. The molecule has 0 saturated carbocycles. The zero-order valence-corrected chi connectivity index (χ0v) is 16.9. The van der Waals surface area contributed by atoms with Gasteiger partial charge in [-0.25, -0.2) is 0 Å². The summed E-state index contributed by atoms with van der Waals surface area (Å²) in [6.45, 7) is 6.77. The summed E-state index contributed by atoms with van der Waals surface area (Å²) in [5.41, 5.74) is 1.78. The molecule has 7 nitrogen and oxygen atoms in total. The normalized spacial score (nSPS) is 17.2. The van der Waals surface area contributed by atoms with Crippen LogP contribution in [0.4, 0.5) is 5.69 Å². The Kier molecular flexibility index (Phi) is 5.24. The van der Waals surface area contributed by atoms with E-state index in [1.54, 1.807) is 20.0 Å². The number of hydrogen-bond acceptors (Lipinski definition) is 5. The minimum absolute atomic E-state index is 0.0135. The molecule has 29 heavy (non-hydrogen) atoms. The molecular formula is C22H26N4O3. The average molecular weight is 394 g/mol. The molecule has 4 rings (SSSR count). The van der Waals surface area contributed by atoms with Gasteiger partial charge >= 0.3 is 0 Å². The number of aryl methyl sites for hydroxylation is 1. The Morgan fingerprint density at radius 3 is 2.28 bits per heavy atom. The van der Waals surface area contributed by atoms with Crippen molar-refractivity contribution in [1.82, 2.24) is 14.4 Å². The lowest BCUT2D eigenvalue weighted by Gasteiger charge is -2.36. The van der Waals surface area contributed by atoms with Crippen molar-refractivity contribution in [1.29, 1.82) is 0 Å². The highest BCUT2D eigenvalue weighted by molar-refractivity contribution is 6.21. The molecule has 0 N–H and O–H groups in total. The molecule has 2 aliphatic heterocycles. The first kappa shape index (κ1) is 19.4. The summed E-state index contributed by atoms with van der Waals surface area (Å²) < 4.78 is 1.42. The van der Waals surface area contributed by atoms with Crippen molar-refractivity contribution >= 4 is 17.5 Å². The SMILES string of the molecule is Cc1cc2c(c(=O)n1C)C(=O)N(CCCN1CCN(c3ccccc3)CC1)C2=O. The molecule has 1 saturated heterocycles. The summed E-state index contributed by atoms with van der Waals surface area (Å²) in [7, 11) is 1.62. The minimum Gasteiger partial charge on any atom is -0.369 e. The monoisotopic (exact) mass is 394 g/mol. The number of pyridine rings is 1. The second-order valence-corrected chi connectivity index (χ2v) is 7.72. The first-order valence-electron chi connectivity index (χ1n) is 10.1.